The predicted octanol–water partition coefficient (Wildman–Crippen LogP) is 10.7. The number of carbonyl (C=O) groups is 3. The van der Waals surface area contributed by atoms with Crippen molar-refractivity contribution in [3.8, 4) is 0 Å². The van der Waals surface area contributed by atoms with Crippen molar-refractivity contribution >= 4 is 23.2 Å². The summed E-state index contributed by atoms with van der Waals surface area (Å²) in [5, 5.41) is 0. The maximum absolute atomic E-state index is 12.5. The van der Waals surface area contributed by atoms with Crippen molar-refractivity contribution in [2.75, 3.05) is 19.6 Å². The molecule has 1 aromatic carbocycles. The molecule has 2 aliphatic rings. The third kappa shape index (κ3) is 22.7. The van der Waals surface area contributed by atoms with Crippen LogP contribution >= 0.6 is 0 Å². The Morgan fingerprint density at radius 3 is 1.92 bits per heavy atom. The van der Waals surface area contributed by atoms with Crippen LogP contribution in [0.4, 0.5) is 0 Å². The molecular formula is C42H75N3O3. The van der Waals surface area contributed by atoms with Crippen LogP contribution in [0.1, 0.15) is 162 Å². The topological polar surface area (TPSA) is 92.8 Å². The maximum Gasteiger partial charge on any atom is 0.270 e. The lowest BCUT2D eigenvalue weighted by atomic mass is 9.99. The largest absolute Gasteiger partial charge is 0.394 e. The number of carbonyl (C=O) groups excluding carboxylic acids is 3. The van der Waals surface area contributed by atoms with Gasteiger partial charge in [0.15, 0.2) is 5.78 Å². The smallest absolute Gasteiger partial charge is 0.270 e. The van der Waals surface area contributed by atoms with Crippen molar-refractivity contribution in [3.05, 3.63) is 46.2 Å². The Morgan fingerprint density at radius 2 is 1.48 bits per heavy atom. The average molecular weight is 670 g/mol. The van der Waals surface area contributed by atoms with Gasteiger partial charge in [-0.05, 0) is 95.2 Å². The third-order valence-corrected chi connectivity index (χ3v) is 9.05. The number of ketones is 2. The lowest BCUT2D eigenvalue weighted by Crippen LogP contribution is -2.41. The van der Waals surface area contributed by atoms with E-state index in [4.69, 9.17) is 5.73 Å². The van der Waals surface area contributed by atoms with E-state index in [9.17, 15) is 14.4 Å². The summed E-state index contributed by atoms with van der Waals surface area (Å²) in [4.78, 5) is 39.6. The minimum absolute atomic E-state index is 0.0310. The molecule has 1 saturated carbocycles. The van der Waals surface area contributed by atoms with Crippen LogP contribution < -0.4 is 5.73 Å². The van der Waals surface area contributed by atoms with E-state index in [0.717, 1.165) is 56.0 Å². The number of hydrogen-bond acceptors (Lipinski definition) is 5. The quantitative estimate of drug-likeness (QED) is 0.198. The normalized spacial score (nSPS) is 17.6. The van der Waals surface area contributed by atoms with Crippen molar-refractivity contribution < 1.29 is 14.4 Å². The van der Waals surface area contributed by atoms with Crippen molar-refractivity contribution in [3.63, 3.8) is 0 Å². The Labute approximate surface area is 296 Å². The highest BCUT2D eigenvalue weighted by Crippen LogP contribution is 2.25. The Bertz CT molecular complexity index is 1080. The second-order valence-corrected chi connectivity index (χ2v) is 13.8. The number of amides is 1. The SMILES string of the molecule is CC(=O)CN=C1CCC/C1=C(/N)C(=O)N1CCCC(C)C1.CCC(C)=O.CCCC.CCCCCC(C)CC.Cc1cccc(C)c1C. The van der Waals surface area contributed by atoms with Gasteiger partial charge in [0.25, 0.3) is 5.91 Å². The second kappa shape index (κ2) is 29.2. The number of Topliss-reactive ketones (excluding diaryl/α,β-unsaturated/α-hetero) is 2. The fourth-order valence-electron chi connectivity index (χ4n) is 4.92. The first-order valence-corrected chi connectivity index (χ1v) is 19.0. The molecule has 2 unspecified atom stereocenters. The second-order valence-electron chi connectivity index (χ2n) is 13.8. The molecule has 0 spiro atoms. The molecule has 1 aliphatic carbocycles. The molecule has 0 aromatic heterocycles. The molecule has 3 rings (SSSR count). The number of aryl methyl sites for hydroxylation is 2. The van der Waals surface area contributed by atoms with Crippen LogP contribution in [-0.2, 0) is 14.4 Å². The van der Waals surface area contributed by atoms with Crippen LogP contribution in [0.15, 0.2) is 34.5 Å². The summed E-state index contributed by atoms with van der Waals surface area (Å²) < 4.78 is 0. The van der Waals surface area contributed by atoms with Crippen LogP contribution in [-0.4, -0.2) is 47.7 Å². The van der Waals surface area contributed by atoms with E-state index in [1.807, 2.05) is 11.8 Å². The standard InChI is InChI=1S/C16H25N3O2.C9H12.C9H20.C4H8O.C4H10/c1-11-5-4-8-19(10-11)16(21)15(17)13-6-3-7-14(13)18-9-12(2)20;1-7-5-4-6-8(2)9(7)3;1-4-6-7-8-9(3)5-2;1-3-4(2)5;1-3-4-2/h11H,3-10,17H2,1-2H3;4-6H,1-3H3;9H,4-8H2,1-3H3;3H2,1-2H3;3-4H2,1-2H3/b15-13-,18-14?;;;;. The summed E-state index contributed by atoms with van der Waals surface area (Å²) in [5.41, 5.74) is 12.3. The van der Waals surface area contributed by atoms with Crippen LogP contribution in [0.2, 0.25) is 0 Å². The van der Waals surface area contributed by atoms with Gasteiger partial charge in [0.2, 0.25) is 0 Å². The van der Waals surface area contributed by atoms with Crippen LogP contribution in [0.25, 0.3) is 0 Å². The molecule has 1 aliphatic heterocycles. The predicted molar refractivity (Wildman–Crippen MR) is 209 cm³/mol. The molecule has 0 radical (unpaired) electrons. The zero-order valence-corrected chi connectivity index (χ0v) is 33.4. The Balaban J connectivity index is 0. The fourth-order valence-corrected chi connectivity index (χ4v) is 4.92. The summed E-state index contributed by atoms with van der Waals surface area (Å²) in [6.07, 6.45) is 15.1. The lowest BCUT2D eigenvalue weighted by Gasteiger charge is -2.31. The molecule has 1 aromatic rings. The molecule has 1 heterocycles. The zero-order chi connectivity index (χ0) is 37.1. The fraction of sp³-hybridized carbons (Fsp3) is 0.714. The molecule has 6 heteroatoms. The summed E-state index contributed by atoms with van der Waals surface area (Å²) in [6.45, 7) is 26.6. The molecule has 1 saturated heterocycles. The number of unbranched alkanes of at least 4 members (excludes halogenated alkanes) is 3. The van der Waals surface area contributed by atoms with E-state index in [0.29, 0.717) is 18.0 Å². The van der Waals surface area contributed by atoms with Crippen molar-refractivity contribution in [1.29, 1.82) is 0 Å². The first kappa shape index (κ1) is 47.4. The van der Waals surface area contributed by atoms with Gasteiger partial charge < -0.3 is 15.4 Å². The molecule has 2 N–H and O–H groups in total. The van der Waals surface area contributed by atoms with Crippen LogP contribution in [0.5, 0.6) is 0 Å². The van der Waals surface area contributed by atoms with Gasteiger partial charge in [-0.1, -0.05) is 112 Å². The number of piperidine rings is 1. The van der Waals surface area contributed by atoms with E-state index in [-0.39, 0.29) is 24.0 Å². The number of aliphatic imine (C=N–C) groups is 1. The van der Waals surface area contributed by atoms with Gasteiger partial charge in [0.1, 0.15) is 11.5 Å². The number of allylic oxidation sites excluding steroid dienone is 1. The molecule has 276 valence electrons. The first-order valence-electron chi connectivity index (χ1n) is 19.0. The average Bonchev–Trinajstić information content (AvgIpc) is 3.55. The summed E-state index contributed by atoms with van der Waals surface area (Å²) in [5.74, 6) is 1.72. The Morgan fingerprint density at radius 1 is 0.896 bits per heavy atom. The first-order chi connectivity index (χ1) is 22.7. The molecule has 2 fully saturated rings. The minimum Gasteiger partial charge on any atom is -0.394 e. The number of benzene rings is 1. The molecule has 1 amide bonds. The maximum atomic E-state index is 12.5. The van der Waals surface area contributed by atoms with Gasteiger partial charge in [-0.25, -0.2) is 0 Å². The Kier molecular flexibility index (Phi) is 28.8. The molecule has 0 bridgehead atoms. The van der Waals surface area contributed by atoms with Gasteiger partial charge in [0, 0.05) is 30.8 Å². The third-order valence-electron chi connectivity index (χ3n) is 9.05. The van der Waals surface area contributed by atoms with Crippen LogP contribution in [0, 0.1) is 32.6 Å². The number of rotatable bonds is 10. The molecule has 2 atom stereocenters. The summed E-state index contributed by atoms with van der Waals surface area (Å²) in [7, 11) is 0. The summed E-state index contributed by atoms with van der Waals surface area (Å²) in [6, 6.07) is 6.38. The van der Waals surface area contributed by atoms with E-state index in [2.05, 4.69) is 85.5 Å². The molecule has 48 heavy (non-hydrogen) atoms. The van der Waals surface area contributed by atoms with Gasteiger partial charge in [-0.15, -0.1) is 0 Å². The van der Waals surface area contributed by atoms with Gasteiger partial charge >= 0.3 is 0 Å². The molecular weight excluding hydrogens is 594 g/mol. The number of nitrogens with two attached hydrogens (primary N) is 1. The molecule has 6 nitrogen and oxygen atoms in total. The highest BCUT2D eigenvalue weighted by Gasteiger charge is 2.27. The van der Waals surface area contributed by atoms with E-state index in [1.165, 1.54) is 75.0 Å². The van der Waals surface area contributed by atoms with E-state index >= 15 is 0 Å². The highest BCUT2D eigenvalue weighted by atomic mass is 16.2. The number of hydrogen-bond donors (Lipinski definition) is 1. The monoisotopic (exact) mass is 670 g/mol. The van der Waals surface area contributed by atoms with Gasteiger partial charge in [-0.3, -0.25) is 14.6 Å². The van der Waals surface area contributed by atoms with E-state index in [1.54, 1.807) is 6.92 Å². The number of likely N-dealkylation sites (tertiary alicyclic amines) is 1. The lowest BCUT2D eigenvalue weighted by molar-refractivity contribution is -0.129. The highest BCUT2D eigenvalue weighted by molar-refractivity contribution is 6.09. The van der Waals surface area contributed by atoms with Crippen LogP contribution in [0.3, 0.4) is 0 Å². The van der Waals surface area contributed by atoms with Crippen molar-refractivity contribution in [2.45, 2.75) is 167 Å². The van der Waals surface area contributed by atoms with Crippen molar-refractivity contribution in [1.82, 2.24) is 4.90 Å². The Hall–Kier alpha value is -2.76. The van der Waals surface area contributed by atoms with Gasteiger partial charge in [-0.2, -0.15) is 0 Å². The number of nitrogens with zero attached hydrogens (tertiary/aromatic N) is 2. The summed E-state index contributed by atoms with van der Waals surface area (Å²) >= 11 is 0. The van der Waals surface area contributed by atoms with E-state index < -0.39 is 0 Å². The van der Waals surface area contributed by atoms with Crippen molar-refractivity contribution in [2.24, 2.45) is 22.6 Å². The van der Waals surface area contributed by atoms with Gasteiger partial charge in [0.05, 0.1) is 6.54 Å². The zero-order valence-electron chi connectivity index (χ0n) is 33.4. The minimum atomic E-state index is -0.0611.